The van der Waals surface area contributed by atoms with Crippen LogP contribution in [0.15, 0.2) is 42.5 Å². The quantitative estimate of drug-likeness (QED) is 0.380. The van der Waals surface area contributed by atoms with Gasteiger partial charge in [-0.25, -0.2) is 18.1 Å². The van der Waals surface area contributed by atoms with E-state index in [-0.39, 0.29) is 36.8 Å². The van der Waals surface area contributed by atoms with E-state index in [9.17, 15) is 21.6 Å². The molecule has 2 saturated heterocycles. The van der Waals surface area contributed by atoms with Crippen molar-refractivity contribution in [3.05, 3.63) is 69.3 Å². The molecule has 0 spiro atoms. The van der Waals surface area contributed by atoms with Gasteiger partial charge in [0.25, 0.3) is 16.1 Å². The summed E-state index contributed by atoms with van der Waals surface area (Å²) in [5.41, 5.74) is 5.94. The van der Waals surface area contributed by atoms with Gasteiger partial charge in [-0.2, -0.15) is 22.5 Å². The van der Waals surface area contributed by atoms with Crippen LogP contribution in [0.3, 0.4) is 0 Å². The van der Waals surface area contributed by atoms with E-state index < -0.39 is 26.0 Å². The predicted octanol–water partition coefficient (Wildman–Crippen LogP) is 3.35. The second-order valence-electron chi connectivity index (χ2n) is 10.4. The molecule has 15 heteroatoms. The molecular formula is C27H32Cl2N6O5S2. The van der Waals surface area contributed by atoms with Crippen molar-refractivity contribution in [2.45, 2.75) is 32.7 Å². The summed E-state index contributed by atoms with van der Waals surface area (Å²) >= 11 is 12.8. The number of piperidine rings is 1. The molecule has 0 unspecified atom stereocenters. The number of aryl methyl sites for hydroxylation is 1. The summed E-state index contributed by atoms with van der Waals surface area (Å²) in [6, 6.07) is 12.5. The molecule has 5 rings (SSSR count). The molecule has 1 aromatic heterocycles. The number of hydrogen-bond acceptors (Lipinski definition) is 7. The fraction of sp³-hybridized carbons (Fsp3) is 0.407. The molecule has 0 atom stereocenters. The molecule has 0 saturated carbocycles. The molecule has 1 amide bonds. The summed E-state index contributed by atoms with van der Waals surface area (Å²) in [4.78, 5) is 13.7. The van der Waals surface area contributed by atoms with Crippen LogP contribution in [-0.4, -0.2) is 79.5 Å². The Balaban J connectivity index is 1.60. The Morgan fingerprint density at radius 3 is 2.29 bits per heavy atom. The van der Waals surface area contributed by atoms with E-state index in [1.54, 1.807) is 18.2 Å². The zero-order valence-corrected chi connectivity index (χ0v) is 26.2. The smallest absolute Gasteiger partial charge is 0.283 e. The number of benzene rings is 2. The lowest BCUT2D eigenvalue weighted by Crippen LogP contribution is -2.48. The van der Waals surface area contributed by atoms with Gasteiger partial charge in [0.1, 0.15) is 0 Å². The summed E-state index contributed by atoms with van der Waals surface area (Å²) in [5.74, 6) is -0.981. The van der Waals surface area contributed by atoms with Crippen molar-refractivity contribution in [2.75, 3.05) is 37.7 Å². The van der Waals surface area contributed by atoms with Gasteiger partial charge in [0.05, 0.1) is 27.9 Å². The third-order valence-corrected chi connectivity index (χ3v) is 11.1. The highest BCUT2D eigenvalue weighted by Crippen LogP contribution is 2.33. The fourth-order valence-electron chi connectivity index (χ4n) is 5.03. The van der Waals surface area contributed by atoms with E-state index in [4.69, 9.17) is 28.3 Å². The molecule has 226 valence electrons. The Morgan fingerprint density at radius 2 is 1.64 bits per heavy atom. The maximum atomic E-state index is 13.7. The average molecular weight is 656 g/mol. The second-order valence-corrected chi connectivity index (χ2v) is 15.3. The van der Waals surface area contributed by atoms with Crippen molar-refractivity contribution in [3.8, 4) is 16.9 Å². The van der Waals surface area contributed by atoms with E-state index in [0.29, 0.717) is 45.6 Å². The van der Waals surface area contributed by atoms with Gasteiger partial charge in [-0.1, -0.05) is 59.5 Å². The van der Waals surface area contributed by atoms with Crippen LogP contribution in [-0.2, 0) is 26.6 Å². The van der Waals surface area contributed by atoms with Crippen LogP contribution in [0.4, 0.5) is 0 Å². The Hall–Kier alpha value is -2.52. The van der Waals surface area contributed by atoms with Gasteiger partial charge in [0, 0.05) is 48.9 Å². The maximum absolute atomic E-state index is 13.7. The van der Waals surface area contributed by atoms with Crippen molar-refractivity contribution >= 4 is 49.2 Å². The Bertz CT molecular complexity index is 1670. The molecular weight excluding hydrogens is 623 g/mol. The van der Waals surface area contributed by atoms with E-state index in [2.05, 4.69) is 10.1 Å². The van der Waals surface area contributed by atoms with Gasteiger partial charge < -0.3 is 0 Å². The number of hydrazine groups is 1. The van der Waals surface area contributed by atoms with Gasteiger partial charge in [0.2, 0.25) is 0 Å². The Morgan fingerprint density at radius 1 is 0.976 bits per heavy atom. The largest absolute Gasteiger partial charge is 0.286 e. The molecule has 11 nitrogen and oxygen atoms in total. The molecule has 2 fully saturated rings. The normalized spacial score (nSPS) is 18.2. The van der Waals surface area contributed by atoms with Crippen molar-refractivity contribution < 1.29 is 21.6 Å². The van der Waals surface area contributed by atoms with E-state index in [1.165, 1.54) is 4.68 Å². The van der Waals surface area contributed by atoms with E-state index in [0.717, 1.165) is 29.1 Å². The number of rotatable bonds is 8. The SMILES string of the molecule is Cc1ccc(-c2c(CNS(=O)(=O)N3CCS(=O)(=O)CC3)c(C(=O)NN3CCCCC3)nn2-c2ccc(Cl)cc2Cl)cc1. The van der Waals surface area contributed by atoms with Crippen molar-refractivity contribution in [1.29, 1.82) is 0 Å². The number of sulfone groups is 1. The first kappa shape index (κ1) is 30.9. The number of carbonyl (C=O) groups is 1. The van der Waals surface area contributed by atoms with Gasteiger partial charge in [-0.15, -0.1) is 0 Å². The third-order valence-electron chi connectivity index (χ3n) is 7.35. The van der Waals surface area contributed by atoms with Crippen LogP contribution < -0.4 is 10.1 Å². The molecule has 0 aliphatic carbocycles. The van der Waals surface area contributed by atoms with Crippen molar-refractivity contribution in [3.63, 3.8) is 0 Å². The van der Waals surface area contributed by atoms with E-state index in [1.807, 2.05) is 36.2 Å². The summed E-state index contributed by atoms with van der Waals surface area (Å²) in [6.45, 7) is 2.76. The highest BCUT2D eigenvalue weighted by molar-refractivity contribution is 7.91. The van der Waals surface area contributed by atoms with Gasteiger partial charge >= 0.3 is 0 Å². The van der Waals surface area contributed by atoms with Gasteiger partial charge in [0.15, 0.2) is 15.5 Å². The number of halogens is 2. The van der Waals surface area contributed by atoms with Crippen LogP contribution in [0.1, 0.15) is 40.9 Å². The monoisotopic (exact) mass is 654 g/mol. The zero-order chi connectivity index (χ0) is 30.1. The first-order valence-corrected chi connectivity index (χ1v) is 17.6. The van der Waals surface area contributed by atoms with Gasteiger partial charge in [-0.05, 0) is 38.0 Å². The minimum absolute atomic E-state index is 0.0334. The molecule has 2 N–H and O–H groups in total. The van der Waals surface area contributed by atoms with Crippen molar-refractivity contribution in [2.24, 2.45) is 0 Å². The second kappa shape index (κ2) is 12.6. The number of carbonyl (C=O) groups excluding carboxylic acids is 1. The number of nitrogens with zero attached hydrogens (tertiary/aromatic N) is 4. The fourth-order valence-corrected chi connectivity index (χ4v) is 8.12. The molecule has 2 aliphatic rings. The summed E-state index contributed by atoms with van der Waals surface area (Å²) in [6.07, 6.45) is 2.97. The summed E-state index contributed by atoms with van der Waals surface area (Å²) < 4.78 is 55.5. The van der Waals surface area contributed by atoms with Crippen molar-refractivity contribution in [1.82, 2.24) is 29.2 Å². The Labute approximate surface area is 255 Å². The first-order valence-electron chi connectivity index (χ1n) is 13.6. The molecule has 0 bridgehead atoms. The standard InChI is InChI=1S/C27H32Cl2N6O5S2/c1-19-5-7-20(8-6-19)26-22(18-30-42(39,40)34-13-15-41(37,38)16-14-34)25(27(36)32-33-11-3-2-4-12-33)31-35(26)24-10-9-21(28)17-23(24)29/h5-10,17,30H,2-4,11-16,18H2,1H3,(H,32,36). The van der Waals surface area contributed by atoms with Gasteiger partial charge in [-0.3, -0.25) is 10.2 Å². The molecule has 2 aromatic carbocycles. The number of nitrogens with one attached hydrogen (secondary N) is 2. The minimum Gasteiger partial charge on any atom is -0.283 e. The molecule has 2 aliphatic heterocycles. The topological polar surface area (TPSA) is 134 Å². The highest BCUT2D eigenvalue weighted by Gasteiger charge is 2.32. The van der Waals surface area contributed by atoms with Crippen LogP contribution in [0, 0.1) is 6.92 Å². The molecule has 42 heavy (non-hydrogen) atoms. The lowest BCUT2D eigenvalue weighted by atomic mass is 10.0. The first-order chi connectivity index (χ1) is 19.9. The van der Waals surface area contributed by atoms with Crippen LogP contribution >= 0.6 is 23.2 Å². The highest BCUT2D eigenvalue weighted by atomic mass is 35.5. The number of hydrogen-bond donors (Lipinski definition) is 2. The zero-order valence-electron chi connectivity index (χ0n) is 23.0. The third kappa shape index (κ3) is 6.99. The minimum atomic E-state index is -4.08. The number of amides is 1. The predicted molar refractivity (Wildman–Crippen MR) is 163 cm³/mol. The number of aromatic nitrogens is 2. The average Bonchev–Trinajstić information content (AvgIpc) is 3.32. The lowest BCUT2D eigenvalue weighted by Gasteiger charge is -2.27. The maximum Gasteiger partial charge on any atom is 0.286 e. The molecule has 3 heterocycles. The van der Waals surface area contributed by atoms with Crippen LogP contribution in [0.25, 0.3) is 16.9 Å². The summed E-state index contributed by atoms with van der Waals surface area (Å²) in [7, 11) is -7.36. The van der Waals surface area contributed by atoms with Crippen LogP contribution in [0.2, 0.25) is 10.0 Å². The molecule has 3 aromatic rings. The molecule has 0 radical (unpaired) electrons. The summed E-state index contributed by atoms with van der Waals surface area (Å²) in [5, 5.41) is 7.25. The Kier molecular flexibility index (Phi) is 9.28. The van der Waals surface area contributed by atoms with E-state index >= 15 is 0 Å². The van der Waals surface area contributed by atoms with Crippen LogP contribution in [0.5, 0.6) is 0 Å². The lowest BCUT2D eigenvalue weighted by molar-refractivity contribution is 0.0743.